The first-order valence-electron chi connectivity index (χ1n) is 6.45. The second-order valence-electron chi connectivity index (χ2n) is 4.66. The van der Waals surface area contributed by atoms with Crippen LogP contribution in [0.4, 0.5) is 11.4 Å². The van der Waals surface area contributed by atoms with Gasteiger partial charge in [0.2, 0.25) is 0 Å². The molecule has 2 aromatic rings. The molecule has 0 aliphatic carbocycles. The van der Waals surface area contributed by atoms with E-state index in [1.165, 1.54) is 0 Å². The fourth-order valence-corrected chi connectivity index (χ4v) is 2.33. The number of anilines is 2. The highest BCUT2D eigenvalue weighted by Crippen LogP contribution is 2.23. The van der Waals surface area contributed by atoms with Gasteiger partial charge in [0, 0.05) is 17.8 Å². The number of hydrogen-bond donors (Lipinski definition) is 2. The molecular weight excluding hydrogens is 250 g/mol. The minimum absolute atomic E-state index is 0.192. The topological polar surface area (TPSA) is 64.9 Å². The van der Waals surface area contributed by atoms with Gasteiger partial charge < -0.3 is 10.6 Å². The van der Waals surface area contributed by atoms with E-state index < -0.39 is 0 Å². The van der Waals surface area contributed by atoms with Crippen molar-refractivity contribution in [3.8, 4) is 6.07 Å². The minimum Gasteiger partial charge on any atom is -0.384 e. The Labute approximate surface area is 117 Å². The van der Waals surface area contributed by atoms with Crippen LogP contribution in [0.1, 0.15) is 21.5 Å². The number of fused-ring (bicyclic) bond motifs is 1. The third-order valence-electron chi connectivity index (χ3n) is 3.37. The number of para-hydroxylation sites is 1. The average molecular weight is 263 g/mol. The van der Waals surface area contributed by atoms with E-state index in [-0.39, 0.29) is 5.91 Å². The predicted molar refractivity (Wildman–Crippen MR) is 77.7 cm³/mol. The lowest BCUT2D eigenvalue weighted by atomic mass is 10.1. The van der Waals surface area contributed by atoms with Crippen molar-refractivity contribution in [3.05, 3.63) is 59.2 Å². The van der Waals surface area contributed by atoms with Gasteiger partial charge in [0.05, 0.1) is 11.3 Å². The Morgan fingerprint density at radius 1 is 1.25 bits per heavy atom. The van der Waals surface area contributed by atoms with Crippen molar-refractivity contribution < 1.29 is 4.79 Å². The zero-order valence-electron chi connectivity index (χ0n) is 10.8. The summed E-state index contributed by atoms with van der Waals surface area (Å²) in [7, 11) is 0. The zero-order chi connectivity index (χ0) is 13.9. The van der Waals surface area contributed by atoms with E-state index in [2.05, 4.69) is 16.7 Å². The Morgan fingerprint density at radius 3 is 2.95 bits per heavy atom. The summed E-state index contributed by atoms with van der Waals surface area (Å²) in [6.07, 6.45) is 0.936. The van der Waals surface area contributed by atoms with Gasteiger partial charge in [-0.3, -0.25) is 4.79 Å². The van der Waals surface area contributed by atoms with Gasteiger partial charge >= 0.3 is 0 Å². The molecule has 0 fully saturated rings. The first kappa shape index (κ1) is 12.2. The van der Waals surface area contributed by atoms with E-state index in [1.54, 1.807) is 30.3 Å². The molecule has 1 aliphatic heterocycles. The lowest BCUT2D eigenvalue weighted by Gasteiger charge is -2.08. The number of nitriles is 1. The molecule has 0 atom stereocenters. The van der Waals surface area contributed by atoms with E-state index in [1.807, 2.05) is 12.1 Å². The quantitative estimate of drug-likeness (QED) is 0.875. The number of nitrogens with one attached hydrogen (secondary N) is 2. The van der Waals surface area contributed by atoms with Crippen LogP contribution in [-0.2, 0) is 6.42 Å². The Morgan fingerprint density at radius 2 is 2.10 bits per heavy atom. The molecule has 1 amide bonds. The van der Waals surface area contributed by atoms with Gasteiger partial charge in [-0.15, -0.1) is 0 Å². The number of amides is 1. The van der Waals surface area contributed by atoms with E-state index in [4.69, 9.17) is 5.26 Å². The summed E-state index contributed by atoms with van der Waals surface area (Å²) in [5.74, 6) is -0.192. The summed E-state index contributed by atoms with van der Waals surface area (Å²) in [5.41, 5.74) is 3.87. The van der Waals surface area contributed by atoms with Crippen molar-refractivity contribution in [2.45, 2.75) is 6.42 Å². The molecule has 98 valence electrons. The molecule has 4 nitrogen and oxygen atoms in total. The molecule has 0 spiro atoms. The summed E-state index contributed by atoms with van der Waals surface area (Å²) in [6.45, 7) is 0.914. The van der Waals surface area contributed by atoms with E-state index >= 15 is 0 Å². The molecule has 3 rings (SSSR count). The largest absolute Gasteiger partial charge is 0.384 e. The lowest BCUT2D eigenvalue weighted by Crippen LogP contribution is -2.13. The van der Waals surface area contributed by atoms with E-state index in [0.717, 1.165) is 24.2 Å². The van der Waals surface area contributed by atoms with Crippen LogP contribution in [0.25, 0.3) is 0 Å². The van der Waals surface area contributed by atoms with Crippen molar-refractivity contribution in [3.63, 3.8) is 0 Å². The molecule has 0 saturated carbocycles. The molecule has 1 aliphatic rings. The summed E-state index contributed by atoms with van der Waals surface area (Å²) in [6, 6.07) is 14.7. The number of nitrogens with zero attached hydrogens (tertiary/aromatic N) is 1. The highest BCUT2D eigenvalue weighted by atomic mass is 16.1. The number of benzene rings is 2. The first-order valence-corrected chi connectivity index (χ1v) is 6.45. The second kappa shape index (κ2) is 5.06. The van der Waals surface area contributed by atoms with Crippen LogP contribution >= 0.6 is 0 Å². The molecule has 0 aromatic heterocycles. The van der Waals surface area contributed by atoms with Gasteiger partial charge in [-0.25, -0.2) is 0 Å². The average Bonchev–Trinajstić information content (AvgIpc) is 2.95. The lowest BCUT2D eigenvalue weighted by molar-refractivity contribution is 0.102. The maximum absolute atomic E-state index is 12.2. The number of rotatable bonds is 2. The number of carbonyl (C=O) groups excluding carboxylic acids is 1. The molecule has 2 aromatic carbocycles. The molecule has 2 N–H and O–H groups in total. The van der Waals surface area contributed by atoms with Gasteiger partial charge in [-0.05, 0) is 42.3 Å². The van der Waals surface area contributed by atoms with Gasteiger partial charge in [0.15, 0.2) is 0 Å². The van der Waals surface area contributed by atoms with Crippen LogP contribution in [-0.4, -0.2) is 12.5 Å². The Kier molecular flexibility index (Phi) is 3.10. The van der Waals surface area contributed by atoms with Crippen LogP contribution < -0.4 is 10.6 Å². The van der Waals surface area contributed by atoms with Crippen LogP contribution in [0.2, 0.25) is 0 Å². The summed E-state index contributed by atoms with van der Waals surface area (Å²) in [5, 5.41) is 15.1. The highest BCUT2D eigenvalue weighted by molar-refractivity contribution is 6.05. The molecule has 0 saturated heterocycles. The van der Waals surface area contributed by atoms with Crippen LogP contribution in [0, 0.1) is 11.3 Å². The monoisotopic (exact) mass is 263 g/mol. The first-order chi connectivity index (χ1) is 9.78. The number of hydrogen-bond acceptors (Lipinski definition) is 3. The van der Waals surface area contributed by atoms with Gasteiger partial charge in [-0.1, -0.05) is 12.1 Å². The van der Waals surface area contributed by atoms with Gasteiger partial charge in [-0.2, -0.15) is 5.26 Å². The van der Waals surface area contributed by atoms with Crippen molar-refractivity contribution in [1.29, 1.82) is 5.26 Å². The van der Waals surface area contributed by atoms with E-state index in [0.29, 0.717) is 16.8 Å². The maximum atomic E-state index is 12.2. The highest BCUT2D eigenvalue weighted by Gasteiger charge is 2.14. The zero-order valence-corrected chi connectivity index (χ0v) is 10.8. The summed E-state index contributed by atoms with van der Waals surface area (Å²) in [4.78, 5) is 12.2. The molecule has 20 heavy (non-hydrogen) atoms. The fraction of sp³-hybridized carbons (Fsp3) is 0.125. The maximum Gasteiger partial charge on any atom is 0.255 e. The van der Waals surface area contributed by atoms with Crippen molar-refractivity contribution in [1.82, 2.24) is 0 Å². The molecule has 0 radical (unpaired) electrons. The molecule has 0 unspecified atom stereocenters. The third-order valence-corrected chi connectivity index (χ3v) is 3.37. The summed E-state index contributed by atoms with van der Waals surface area (Å²) >= 11 is 0. The normalized spacial score (nSPS) is 12.2. The van der Waals surface area contributed by atoms with Crippen LogP contribution in [0.5, 0.6) is 0 Å². The second-order valence-corrected chi connectivity index (χ2v) is 4.66. The smallest absolute Gasteiger partial charge is 0.255 e. The minimum atomic E-state index is -0.192. The van der Waals surface area contributed by atoms with Crippen LogP contribution in [0.3, 0.4) is 0 Å². The Hall–Kier alpha value is -2.80. The standard InChI is InChI=1S/C16H13N3O/c17-10-13-3-1-2-4-15(13)19-16(20)12-5-6-14-11(9-12)7-8-18-14/h1-6,9,18H,7-8H2,(H,19,20). The summed E-state index contributed by atoms with van der Waals surface area (Å²) < 4.78 is 0. The fourth-order valence-electron chi connectivity index (χ4n) is 2.33. The molecule has 0 bridgehead atoms. The van der Waals surface area contributed by atoms with Gasteiger partial charge in [0.1, 0.15) is 6.07 Å². The number of carbonyl (C=O) groups is 1. The molecule has 4 heteroatoms. The SMILES string of the molecule is N#Cc1ccccc1NC(=O)c1ccc2c(c1)CCN2. The van der Waals surface area contributed by atoms with Crippen molar-refractivity contribution >= 4 is 17.3 Å². The Balaban J connectivity index is 1.85. The van der Waals surface area contributed by atoms with E-state index in [9.17, 15) is 4.79 Å². The predicted octanol–water partition coefficient (Wildman–Crippen LogP) is 2.78. The third kappa shape index (κ3) is 2.21. The van der Waals surface area contributed by atoms with Gasteiger partial charge in [0.25, 0.3) is 5.91 Å². The van der Waals surface area contributed by atoms with Crippen LogP contribution in [0.15, 0.2) is 42.5 Å². The van der Waals surface area contributed by atoms with Crippen molar-refractivity contribution in [2.24, 2.45) is 0 Å². The van der Waals surface area contributed by atoms with Crippen molar-refractivity contribution in [2.75, 3.05) is 17.2 Å². The molecule has 1 heterocycles. The molecular formula is C16H13N3O. The Bertz CT molecular complexity index is 716.